The molecule has 1 aromatic carbocycles. The smallest absolute Gasteiger partial charge is 0.241 e. The summed E-state index contributed by atoms with van der Waals surface area (Å²) in [6.07, 6.45) is 1.67. The highest BCUT2D eigenvalue weighted by molar-refractivity contribution is 9.10. The average molecular weight is 375 g/mol. The van der Waals surface area contributed by atoms with Gasteiger partial charge in [0.05, 0.1) is 15.3 Å². The van der Waals surface area contributed by atoms with E-state index in [0.717, 1.165) is 9.35 Å². The van der Waals surface area contributed by atoms with Gasteiger partial charge in [0.2, 0.25) is 10.0 Å². The maximum Gasteiger partial charge on any atom is 0.241 e. The van der Waals surface area contributed by atoms with Crippen molar-refractivity contribution in [2.45, 2.75) is 31.2 Å². The molecule has 0 unspecified atom stereocenters. The van der Waals surface area contributed by atoms with Crippen molar-refractivity contribution < 1.29 is 8.42 Å². The van der Waals surface area contributed by atoms with Crippen LogP contribution >= 0.6 is 27.3 Å². The molecule has 2 aromatic rings. The highest BCUT2D eigenvalue weighted by atomic mass is 79.9. The van der Waals surface area contributed by atoms with E-state index in [1.807, 2.05) is 26.8 Å². The van der Waals surface area contributed by atoms with Crippen LogP contribution in [0.4, 0.5) is 0 Å². The zero-order valence-corrected chi connectivity index (χ0v) is 14.6. The molecule has 1 aromatic heterocycles. The molecule has 0 saturated heterocycles. The third-order valence-corrected chi connectivity index (χ3v) is 5.47. The maximum absolute atomic E-state index is 12.6. The Bertz CT molecular complexity index is 704. The molecule has 0 fully saturated rings. The van der Waals surface area contributed by atoms with Crippen LogP contribution in [0.5, 0.6) is 0 Å². The van der Waals surface area contributed by atoms with Crippen molar-refractivity contribution in [1.82, 2.24) is 9.71 Å². The topological polar surface area (TPSA) is 59.1 Å². The first-order valence-electron chi connectivity index (χ1n) is 5.91. The maximum atomic E-state index is 12.6. The predicted octanol–water partition coefficient (Wildman–Crippen LogP) is 3.65. The van der Waals surface area contributed by atoms with Crippen LogP contribution < -0.4 is 4.72 Å². The Morgan fingerprint density at radius 3 is 2.55 bits per heavy atom. The van der Waals surface area contributed by atoms with Crippen molar-refractivity contribution in [2.24, 2.45) is 0 Å². The Hall–Kier alpha value is -0.760. The molecule has 0 aliphatic heterocycles. The van der Waals surface area contributed by atoms with Crippen LogP contribution in [0.1, 0.15) is 20.8 Å². The van der Waals surface area contributed by atoms with E-state index in [1.54, 1.807) is 23.8 Å². The van der Waals surface area contributed by atoms with Crippen molar-refractivity contribution in [3.63, 3.8) is 0 Å². The fraction of sp³-hybridized carbons (Fsp3) is 0.308. The quantitative estimate of drug-likeness (QED) is 0.891. The van der Waals surface area contributed by atoms with Crippen LogP contribution in [0, 0.1) is 0 Å². The molecule has 0 bridgehead atoms. The summed E-state index contributed by atoms with van der Waals surface area (Å²) >= 11 is 4.74. The number of halogens is 1. The molecule has 0 aliphatic rings. The Morgan fingerprint density at radius 2 is 2.00 bits per heavy atom. The van der Waals surface area contributed by atoms with E-state index in [0.29, 0.717) is 5.56 Å². The van der Waals surface area contributed by atoms with Crippen LogP contribution in [0.2, 0.25) is 0 Å². The summed E-state index contributed by atoms with van der Waals surface area (Å²) < 4.78 is 28.5. The molecule has 0 spiro atoms. The largest absolute Gasteiger partial charge is 0.252 e. The highest BCUT2D eigenvalue weighted by Crippen LogP contribution is 2.32. The molecule has 0 amide bonds. The van der Waals surface area contributed by atoms with Crippen molar-refractivity contribution in [1.29, 1.82) is 0 Å². The van der Waals surface area contributed by atoms with E-state index in [4.69, 9.17) is 0 Å². The number of nitrogens with one attached hydrogen (secondary N) is 1. The van der Waals surface area contributed by atoms with E-state index < -0.39 is 15.6 Å². The Labute approximate surface area is 131 Å². The molecule has 20 heavy (non-hydrogen) atoms. The minimum absolute atomic E-state index is 0.256. The van der Waals surface area contributed by atoms with E-state index in [-0.39, 0.29) is 4.90 Å². The fourth-order valence-corrected chi connectivity index (χ4v) is 4.63. The van der Waals surface area contributed by atoms with Gasteiger partial charge in [-0.2, -0.15) is 0 Å². The van der Waals surface area contributed by atoms with Crippen molar-refractivity contribution in [3.05, 3.63) is 34.4 Å². The van der Waals surface area contributed by atoms with Gasteiger partial charge in [-0.05, 0) is 32.9 Å². The molecular weight excluding hydrogens is 360 g/mol. The van der Waals surface area contributed by atoms with Crippen LogP contribution in [0.25, 0.3) is 10.4 Å². The summed E-state index contributed by atoms with van der Waals surface area (Å²) in [5.41, 5.74) is 1.81. The van der Waals surface area contributed by atoms with Crippen molar-refractivity contribution >= 4 is 37.3 Å². The standard InChI is InChI=1S/C13H15BrN2O2S2/c1-13(2,3)16-20(17,18)12-6-9(14)4-5-10(12)11-7-15-8-19-11/h4-8,16H,1-3H3. The van der Waals surface area contributed by atoms with Crippen LogP contribution in [0.3, 0.4) is 0 Å². The fourth-order valence-electron chi connectivity index (χ4n) is 1.73. The molecule has 0 atom stereocenters. The first-order chi connectivity index (χ1) is 9.19. The molecule has 2 rings (SSSR count). The first-order valence-corrected chi connectivity index (χ1v) is 9.07. The lowest BCUT2D eigenvalue weighted by atomic mass is 10.1. The van der Waals surface area contributed by atoms with Gasteiger partial charge in [-0.15, -0.1) is 11.3 Å². The van der Waals surface area contributed by atoms with Crippen molar-refractivity contribution in [2.75, 3.05) is 0 Å². The van der Waals surface area contributed by atoms with Gasteiger partial charge >= 0.3 is 0 Å². The summed E-state index contributed by atoms with van der Waals surface area (Å²) in [7, 11) is -3.60. The SMILES string of the molecule is CC(C)(C)NS(=O)(=O)c1cc(Br)ccc1-c1cncs1. The molecule has 0 radical (unpaired) electrons. The van der Waals surface area contributed by atoms with Gasteiger partial charge in [0.25, 0.3) is 0 Å². The molecule has 1 heterocycles. The molecular formula is C13H15BrN2O2S2. The van der Waals surface area contributed by atoms with Gasteiger partial charge in [0, 0.05) is 21.8 Å². The number of hydrogen-bond donors (Lipinski definition) is 1. The minimum atomic E-state index is -3.60. The van der Waals surface area contributed by atoms with Gasteiger partial charge < -0.3 is 0 Å². The third kappa shape index (κ3) is 3.66. The second-order valence-electron chi connectivity index (χ2n) is 5.36. The number of benzene rings is 1. The average Bonchev–Trinajstić information content (AvgIpc) is 2.79. The lowest BCUT2D eigenvalue weighted by Gasteiger charge is -2.21. The van der Waals surface area contributed by atoms with E-state index in [9.17, 15) is 8.42 Å². The van der Waals surface area contributed by atoms with Crippen LogP contribution in [-0.4, -0.2) is 18.9 Å². The lowest BCUT2D eigenvalue weighted by Crippen LogP contribution is -2.40. The predicted molar refractivity (Wildman–Crippen MR) is 85.3 cm³/mol. The van der Waals surface area contributed by atoms with Gasteiger partial charge in [0.15, 0.2) is 0 Å². The summed E-state index contributed by atoms with van der Waals surface area (Å²) in [6, 6.07) is 5.23. The zero-order valence-electron chi connectivity index (χ0n) is 11.3. The number of hydrogen-bond acceptors (Lipinski definition) is 4. The summed E-state index contributed by atoms with van der Waals surface area (Å²) in [5.74, 6) is 0. The Balaban J connectivity index is 2.59. The van der Waals surface area contributed by atoms with E-state index in [1.165, 1.54) is 11.3 Å². The Morgan fingerprint density at radius 1 is 1.30 bits per heavy atom. The summed E-state index contributed by atoms with van der Waals surface area (Å²) in [4.78, 5) is 5.09. The molecule has 4 nitrogen and oxygen atoms in total. The van der Waals surface area contributed by atoms with Gasteiger partial charge in [-0.1, -0.05) is 22.0 Å². The molecule has 7 heteroatoms. The van der Waals surface area contributed by atoms with E-state index in [2.05, 4.69) is 25.6 Å². The number of aromatic nitrogens is 1. The highest BCUT2D eigenvalue weighted by Gasteiger charge is 2.25. The third-order valence-electron chi connectivity index (χ3n) is 2.37. The van der Waals surface area contributed by atoms with E-state index >= 15 is 0 Å². The zero-order chi connectivity index (χ0) is 15.0. The number of rotatable bonds is 3. The second kappa shape index (κ2) is 5.55. The minimum Gasteiger partial charge on any atom is -0.252 e. The van der Waals surface area contributed by atoms with Crippen molar-refractivity contribution in [3.8, 4) is 10.4 Å². The normalized spacial score (nSPS) is 12.6. The first kappa shape index (κ1) is 15.6. The van der Waals surface area contributed by atoms with Crippen LogP contribution in [-0.2, 0) is 10.0 Å². The van der Waals surface area contributed by atoms with Gasteiger partial charge in [0.1, 0.15) is 0 Å². The molecule has 0 aliphatic carbocycles. The monoisotopic (exact) mass is 374 g/mol. The summed E-state index contributed by atoms with van der Waals surface area (Å²) in [5, 5.41) is 0. The Kier molecular flexibility index (Phi) is 4.34. The molecule has 108 valence electrons. The number of nitrogens with zero attached hydrogens (tertiary/aromatic N) is 1. The number of thiazole rings is 1. The van der Waals surface area contributed by atoms with Gasteiger partial charge in [-0.25, -0.2) is 13.1 Å². The lowest BCUT2D eigenvalue weighted by molar-refractivity contribution is 0.491. The van der Waals surface area contributed by atoms with Crippen LogP contribution in [0.15, 0.2) is 39.3 Å². The molecule has 1 N–H and O–H groups in total. The summed E-state index contributed by atoms with van der Waals surface area (Å²) in [6.45, 7) is 5.44. The second-order valence-corrected chi connectivity index (χ2v) is 8.81. The van der Waals surface area contributed by atoms with Gasteiger partial charge in [-0.3, -0.25) is 4.98 Å². The number of sulfonamides is 1. The molecule has 0 saturated carbocycles.